The van der Waals surface area contributed by atoms with Crippen LogP contribution in [0.1, 0.15) is 0 Å². The van der Waals surface area contributed by atoms with Gasteiger partial charge in [0.2, 0.25) is 0 Å². The summed E-state index contributed by atoms with van der Waals surface area (Å²) in [5.74, 6) is 0. The molecule has 1 saturated heterocycles. The van der Waals surface area contributed by atoms with Crippen LogP contribution < -0.4 is 0 Å². The fraction of sp³-hybridized carbons (Fsp3) is 1.00. The Morgan fingerprint density at radius 2 is 1.89 bits per heavy atom. The highest BCUT2D eigenvalue weighted by Gasteiger charge is 2.08. The first kappa shape index (κ1) is 9.52. The molecule has 0 atom stereocenters. The predicted molar refractivity (Wildman–Crippen MR) is 39.9 cm³/mol. The first-order chi connectivity index (χ1) is 3.93. The molecule has 0 bridgehead atoms. The zero-order chi connectivity index (χ0) is 5.82. The molecule has 0 spiro atoms. The summed E-state index contributed by atoms with van der Waals surface area (Å²) >= 11 is 0.799. The van der Waals surface area contributed by atoms with E-state index < -0.39 is 0 Å². The SMILES string of the molecule is Cl.OSN1CCOCC1. The van der Waals surface area contributed by atoms with Crippen molar-refractivity contribution in [3.05, 3.63) is 0 Å². The molecule has 1 fully saturated rings. The maximum Gasteiger partial charge on any atom is 0.0791 e. The summed E-state index contributed by atoms with van der Waals surface area (Å²) in [6.45, 7) is 3.16. The summed E-state index contributed by atoms with van der Waals surface area (Å²) in [6.07, 6.45) is 0. The van der Waals surface area contributed by atoms with E-state index in [9.17, 15) is 0 Å². The smallest absolute Gasteiger partial charge is 0.0791 e. The number of rotatable bonds is 1. The third-order valence-corrected chi connectivity index (χ3v) is 1.68. The highest BCUT2D eigenvalue weighted by Crippen LogP contribution is 2.05. The number of halogens is 1. The standard InChI is InChI=1S/C4H9NO2S.ClH/c6-8-5-1-3-7-4-2-5;/h6H,1-4H2;1H. The van der Waals surface area contributed by atoms with Gasteiger partial charge in [0.25, 0.3) is 0 Å². The van der Waals surface area contributed by atoms with Crippen molar-refractivity contribution in [3.63, 3.8) is 0 Å². The highest BCUT2D eigenvalue weighted by molar-refractivity contribution is 7.91. The second-order valence-electron chi connectivity index (χ2n) is 1.62. The molecule has 0 radical (unpaired) electrons. The van der Waals surface area contributed by atoms with Gasteiger partial charge in [0.05, 0.1) is 25.4 Å². The van der Waals surface area contributed by atoms with Crippen LogP contribution in [0.5, 0.6) is 0 Å². The van der Waals surface area contributed by atoms with E-state index in [4.69, 9.17) is 9.29 Å². The Labute approximate surface area is 65.1 Å². The molecular formula is C4H10ClNO2S. The molecule has 0 aromatic rings. The van der Waals surface area contributed by atoms with Gasteiger partial charge in [0.1, 0.15) is 0 Å². The fourth-order valence-electron chi connectivity index (χ4n) is 0.628. The second-order valence-corrected chi connectivity index (χ2v) is 2.30. The predicted octanol–water partition coefficient (Wildman–Crippen LogP) is 0.862. The van der Waals surface area contributed by atoms with Crippen LogP contribution in [0.2, 0.25) is 0 Å². The van der Waals surface area contributed by atoms with Crippen LogP contribution in [0.4, 0.5) is 0 Å². The molecule has 0 aliphatic carbocycles. The normalized spacial score (nSPS) is 21.0. The van der Waals surface area contributed by atoms with Gasteiger partial charge < -0.3 is 9.29 Å². The van der Waals surface area contributed by atoms with Crippen molar-refractivity contribution in [2.75, 3.05) is 26.3 Å². The molecule has 1 aliphatic heterocycles. The number of nitrogens with zero attached hydrogens (tertiary/aromatic N) is 1. The molecule has 0 amide bonds. The summed E-state index contributed by atoms with van der Waals surface area (Å²) in [5, 5.41) is 0. The Balaban J connectivity index is 0.000000640. The minimum atomic E-state index is 0. The number of morpholine rings is 1. The van der Waals surface area contributed by atoms with Crippen LogP contribution in [0.3, 0.4) is 0 Å². The van der Waals surface area contributed by atoms with Gasteiger partial charge in [-0.05, 0) is 0 Å². The van der Waals surface area contributed by atoms with Crippen molar-refractivity contribution in [2.24, 2.45) is 0 Å². The van der Waals surface area contributed by atoms with Gasteiger partial charge in [-0.3, -0.25) is 0 Å². The molecule has 5 heteroatoms. The van der Waals surface area contributed by atoms with Crippen LogP contribution >= 0.6 is 24.6 Å². The Morgan fingerprint density at radius 1 is 1.33 bits per heavy atom. The first-order valence-electron chi connectivity index (χ1n) is 2.57. The Bertz CT molecular complexity index is 69.6. The Kier molecular flexibility index (Phi) is 5.62. The lowest BCUT2D eigenvalue weighted by atomic mass is 10.5. The van der Waals surface area contributed by atoms with E-state index in [0.29, 0.717) is 0 Å². The first-order valence-corrected chi connectivity index (χ1v) is 3.31. The van der Waals surface area contributed by atoms with E-state index >= 15 is 0 Å². The van der Waals surface area contributed by atoms with Crippen molar-refractivity contribution in [1.82, 2.24) is 4.31 Å². The van der Waals surface area contributed by atoms with Crippen molar-refractivity contribution in [2.45, 2.75) is 0 Å². The third kappa shape index (κ3) is 3.27. The van der Waals surface area contributed by atoms with E-state index in [1.165, 1.54) is 0 Å². The molecule has 1 rings (SSSR count). The van der Waals surface area contributed by atoms with Gasteiger partial charge in [-0.25, -0.2) is 4.31 Å². The summed E-state index contributed by atoms with van der Waals surface area (Å²) in [5.41, 5.74) is 0. The highest BCUT2D eigenvalue weighted by atomic mass is 35.5. The van der Waals surface area contributed by atoms with Gasteiger partial charge in [0, 0.05) is 13.1 Å². The lowest BCUT2D eigenvalue weighted by Crippen LogP contribution is -2.30. The summed E-state index contributed by atoms with van der Waals surface area (Å²) in [7, 11) is 0. The molecule has 1 N–H and O–H groups in total. The van der Waals surface area contributed by atoms with Crippen molar-refractivity contribution >= 4 is 24.6 Å². The number of ether oxygens (including phenoxy) is 1. The maximum absolute atomic E-state index is 8.48. The molecule has 0 unspecified atom stereocenters. The van der Waals surface area contributed by atoms with Crippen LogP contribution in [-0.2, 0) is 4.74 Å². The largest absolute Gasteiger partial charge is 0.379 e. The molecule has 56 valence electrons. The lowest BCUT2D eigenvalue weighted by Gasteiger charge is -2.21. The van der Waals surface area contributed by atoms with Gasteiger partial charge in [-0.1, -0.05) is 0 Å². The Morgan fingerprint density at radius 3 is 2.22 bits per heavy atom. The van der Waals surface area contributed by atoms with E-state index in [1.807, 2.05) is 4.31 Å². The molecule has 1 heterocycles. The summed E-state index contributed by atoms with van der Waals surface area (Å²) in [6, 6.07) is 0. The quantitative estimate of drug-likeness (QED) is 0.469. The van der Waals surface area contributed by atoms with Crippen LogP contribution in [0.15, 0.2) is 0 Å². The van der Waals surface area contributed by atoms with E-state index in [2.05, 4.69) is 0 Å². The molecule has 9 heavy (non-hydrogen) atoms. The second kappa shape index (κ2) is 5.32. The van der Waals surface area contributed by atoms with Gasteiger partial charge in [0.15, 0.2) is 0 Å². The van der Waals surface area contributed by atoms with E-state index in [-0.39, 0.29) is 12.4 Å². The van der Waals surface area contributed by atoms with Crippen LogP contribution in [-0.4, -0.2) is 35.2 Å². The molecule has 0 aromatic carbocycles. The van der Waals surface area contributed by atoms with Gasteiger partial charge in [-0.15, -0.1) is 12.4 Å². The zero-order valence-corrected chi connectivity index (χ0v) is 6.58. The van der Waals surface area contributed by atoms with Gasteiger partial charge >= 0.3 is 0 Å². The maximum atomic E-state index is 8.48. The van der Waals surface area contributed by atoms with Crippen molar-refractivity contribution < 1.29 is 9.29 Å². The Hall–Kier alpha value is 0.520. The van der Waals surface area contributed by atoms with Crippen LogP contribution in [0, 0.1) is 0 Å². The van der Waals surface area contributed by atoms with E-state index in [1.54, 1.807) is 0 Å². The third-order valence-electron chi connectivity index (χ3n) is 1.09. The van der Waals surface area contributed by atoms with E-state index in [0.717, 1.165) is 38.5 Å². The van der Waals surface area contributed by atoms with Crippen molar-refractivity contribution in [1.29, 1.82) is 0 Å². The van der Waals surface area contributed by atoms with Crippen molar-refractivity contribution in [3.8, 4) is 0 Å². The average Bonchev–Trinajstić information content (AvgIpc) is 1.90. The minimum Gasteiger partial charge on any atom is -0.379 e. The average molecular weight is 172 g/mol. The lowest BCUT2D eigenvalue weighted by molar-refractivity contribution is 0.0753. The molecule has 0 saturated carbocycles. The summed E-state index contributed by atoms with van der Waals surface area (Å²) < 4.78 is 15.4. The fourth-order valence-corrected chi connectivity index (χ4v) is 0.941. The van der Waals surface area contributed by atoms with Gasteiger partial charge in [-0.2, -0.15) is 0 Å². The topological polar surface area (TPSA) is 32.7 Å². The monoisotopic (exact) mass is 171 g/mol. The minimum absolute atomic E-state index is 0. The molecule has 1 aliphatic rings. The summed E-state index contributed by atoms with van der Waals surface area (Å²) in [4.78, 5) is 0. The zero-order valence-electron chi connectivity index (χ0n) is 4.95. The molecule has 0 aromatic heterocycles. The number of hydrogen-bond donors (Lipinski definition) is 1. The van der Waals surface area contributed by atoms with Crippen LogP contribution in [0.25, 0.3) is 0 Å². The molecule has 3 nitrogen and oxygen atoms in total. The number of hydrogen-bond acceptors (Lipinski definition) is 4. The molecular weight excluding hydrogens is 162 g/mol.